The first-order valence-corrected chi connectivity index (χ1v) is 11.3. The minimum Gasteiger partial charge on any atom is -0.480 e. The molecular formula is C26H28N2O5. The minimum absolute atomic E-state index is 0.0210. The molecule has 0 radical (unpaired) electrons. The van der Waals surface area contributed by atoms with Crippen molar-refractivity contribution in [3.63, 3.8) is 0 Å². The predicted octanol–water partition coefficient (Wildman–Crippen LogP) is 3.84. The molecule has 2 aromatic rings. The van der Waals surface area contributed by atoms with Crippen molar-refractivity contribution in [1.82, 2.24) is 10.6 Å². The molecule has 2 aromatic carbocycles. The quantitative estimate of drug-likeness (QED) is 0.532. The molecule has 0 aliphatic heterocycles. The van der Waals surface area contributed by atoms with Gasteiger partial charge in [0.1, 0.15) is 12.6 Å². The highest BCUT2D eigenvalue weighted by molar-refractivity contribution is 5.86. The summed E-state index contributed by atoms with van der Waals surface area (Å²) in [4.78, 5) is 36.2. The van der Waals surface area contributed by atoms with Crippen LogP contribution in [-0.4, -0.2) is 41.8 Å². The third-order valence-corrected chi connectivity index (χ3v) is 6.26. The van der Waals surface area contributed by atoms with Gasteiger partial charge in [-0.2, -0.15) is 0 Å². The highest BCUT2D eigenvalue weighted by Gasteiger charge is 2.31. The number of aliphatic carboxylic acids is 1. The molecule has 0 bridgehead atoms. The van der Waals surface area contributed by atoms with Crippen LogP contribution in [0.15, 0.2) is 60.7 Å². The molecule has 33 heavy (non-hydrogen) atoms. The van der Waals surface area contributed by atoms with Crippen molar-refractivity contribution >= 4 is 18.0 Å². The van der Waals surface area contributed by atoms with E-state index in [1.54, 1.807) is 12.2 Å². The lowest BCUT2D eigenvalue weighted by atomic mass is 9.98. The third kappa shape index (κ3) is 4.92. The molecule has 0 aromatic heterocycles. The second kappa shape index (κ2) is 9.90. The van der Waals surface area contributed by atoms with Gasteiger partial charge in [-0.1, -0.05) is 74.0 Å². The van der Waals surface area contributed by atoms with Gasteiger partial charge in [0.05, 0.1) is 12.0 Å². The third-order valence-electron chi connectivity index (χ3n) is 6.26. The monoisotopic (exact) mass is 448 g/mol. The van der Waals surface area contributed by atoms with Crippen LogP contribution < -0.4 is 10.6 Å². The summed E-state index contributed by atoms with van der Waals surface area (Å²) in [5, 5.41) is 14.6. The number of hydrogen-bond donors (Lipinski definition) is 3. The molecule has 0 fully saturated rings. The maximum absolute atomic E-state index is 12.5. The van der Waals surface area contributed by atoms with E-state index in [9.17, 15) is 19.5 Å². The molecule has 0 saturated heterocycles. The number of carbonyl (C=O) groups excluding carboxylic acids is 2. The van der Waals surface area contributed by atoms with E-state index in [0.29, 0.717) is 19.3 Å². The van der Waals surface area contributed by atoms with Crippen LogP contribution in [0.4, 0.5) is 4.79 Å². The van der Waals surface area contributed by atoms with E-state index in [1.807, 2.05) is 31.2 Å². The molecule has 0 spiro atoms. The molecule has 2 aliphatic rings. The first-order valence-electron chi connectivity index (χ1n) is 11.3. The Morgan fingerprint density at radius 3 is 2.27 bits per heavy atom. The lowest BCUT2D eigenvalue weighted by molar-refractivity contribution is -0.142. The van der Waals surface area contributed by atoms with Crippen LogP contribution in [0, 0.1) is 5.92 Å². The molecule has 0 heterocycles. The predicted molar refractivity (Wildman–Crippen MR) is 124 cm³/mol. The Hall–Kier alpha value is -3.61. The summed E-state index contributed by atoms with van der Waals surface area (Å²) >= 11 is 0. The lowest BCUT2D eigenvalue weighted by Crippen LogP contribution is -2.43. The van der Waals surface area contributed by atoms with Gasteiger partial charge in [-0.25, -0.2) is 9.59 Å². The molecule has 2 amide bonds. The number of ether oxygens (including phenoxy) is 1. The summed E-state index contributed by atoms with van der Waals surface area (Å²) < 4.78 is 5.56. The fraction of sp³-hybridized carbons (Fsp3) is 0.346. The van der Waals surface area contributed by atoms with Crippen LogP contribution in [-0.2, 0) is 14.3 Å². The van der Waals surface area contributed by atoms with E-state index < -0.39 is 24.0 Å². The number of amides is 2. The largest absolute Gasteiger partial charge is 0.480 e. The van der Waals surface area contributed by atoms with Crippen LogP contribution in [0.5, 0.6) is 0 Å². The fourth-order valence-electron chi connectivity index (χ4n) is 4.62. The van der Waals surface area contributed by atoms with Crippen LogP contribution in [0.1, 0.15) is 43.2 Å². The molecule has 7 heteroatoms. The summed E-state index contributed by atoms with van der Waals surface area (Å²) in [7, 11) is 0. The summed E-state index contributed by atoms with van der Waals surface area (Å²) in [6.45, 7) is 2.09. The van der Waals surface area contributed by atoms with Gasteiger partial charge in [-0.15, -0.1) is 0 Å². The molecule has 4 rings (SSSR count). The van der Waals surface area contributed by atoms with Gasteiger partial charge in [0.15, 0.2) is 0 Å². The summed E-state index contributed by atoms with van der Waals surface area (Å²) in [5.74, 6) is -1.89. The van der Waals surface area contributed by atoms with Crippen LogP contribution in [0.2, 0.25) is 0 Å². The van der Waals surface area contributed by atoms with Gasteiger partial charge in [0, 0.05) is 5.92 Å². The lowest BCUT2D eigenvalue weighted by Gasteiger charge is -2.18. The first kappa shape index (κ1) is 22.6. The molecule has 3 atom stereocenters. The highest BCUT2D eigenvalue weighted by atomic mass is 16.5. The zero-order chi connectivity index (χ0) is 23.4. The zero-order valence-electron chi connectivity index (χ0n) is 18.5. The normalized spacial score (nSPS) is 19.4. The van der Waals surface area contributed by atoms with Crippen molar-refractivity contribution in [2.24, 2.45) is 5.92 Å². The number of carboxylic acids is 1. The highest BCUT2D eigenvalue weighted by Crippen LogP contribution is 2.44. The number of fused-ring (bicyclic) bond motifs is 3. The average molecular weight is 449 g/mol. The number of alkyl carbamates (subject to hydrolysis) is 1. The van der Waals surface area contributed by atoms with E-state index in [4.69, 9.17) is 4.74 Å². The summed E-state index contributed by atoms with van der Waals surface area (Å²) in [6.07, 6.45) is 4.31. The number of benzene rings is 2. The van der Waals surface area contributed by atoms with E-state index in [1.165, 1.54) is 0 Å². The van der Waals surface area contributed by atoms with E-state index in [2.05, 4.69) is 34.9 Å². The molecule has 2 unspecified atom stereocenters. The van der Waals surface area contributed by atoms with Crippen molar-refractivity contribution in [2.75, 3.05) is 6.61 Å². The average Bonchev–Trinajstić information content (AvgIpc) is 3.40. The van der Waals surface area contributed by atoms with Gasteiger partial charge in [0.25, 0.3) is 0 Å². The topological polar surface area (TPSA) is 105 Å². The van der Waals surface area contributed by atoms with Crippen LogP contribution >= 0.6 is 0 Å². The van der Waals surface area contributed by atoms with Crippen molar-refractivity contribution in [1.29, 1.82) is 0 Å². The Morgan fingerprint density at radius 2 is 1.67 bits per heavy atom. The van der Waals surface area contributed by atoms with E-state index in [-0.39, 0.29) is 24.5 Å². The Bertz CT molecular complexity index is 1030. The molecule has 0 saturated carbocycles. The van der Waals surface area contributed by atoms with Crippen LogP contribution in [0.25, 0.3) is 11.1 Å². The Labute approximate surface area is 192 Å². The van der Waals surface area contributed by atoms with Crippen LogP contribution in [0.3, 0.4) is 0 Å². The molecule has 7 nitrogen and oxygen atoms in total. The van der Waals surface area contributed by atoms with Crippen molar-refractivity contribution in [2.45, 2.75) is 44.2 Å². The number of rotatable bonds is 8. The first-order chi connectivity index (χ1) is 16.0. The Kier molecular flexibility index (Phi) is 6.77. The molecule has 2 aliphatic carbocycles. The Balaban J connectivity index is 1.30. The fourth-order valence-corrected chi connectivity index (χ4v) is 4.62. The summed E-state index contributed by atoms with van der Waals surface area (Å²) in [5.41, 5.74) is 4.61. The number of carboxylic acid groups (broad SMARTS) is 1. The maximum atomic E-state index is 12.5. The molecular weight excluding hydrogens is 420 g/mol. The summed E-state index contributed by atoms with van der Waals surface area (Å²) in [6, 6.07) is 15.0. The Morgan fingerprint density at radius 1 is 1.03 bits per heavy atom. The van der Waals surface area contributed by atoms with Crippen molar-refractivity contribution in [3.05, 3.63) is 71.8 Å². The number of carbonyl (C=O) groups is 3. The van der Waals surface area contributed by atoms with Crippen molar-refractivity contribution < 1.29 is 24.2 Å². The standard InChI is InChI=1S/C26H28N2O5/c1-2-7-23(25(30)31)28-24(29)16-12-13-17(14-16)27-26(32)33-15-22-20-10-5-3-8-18(20)19-9-4-6-11-21(19)22/h3-6,8-13,16-17,22-23H,2,7,14-15H2,1H3,(H,27,32)(H,28,29)(H,30,31)/t16?,17?,23-/m0/s1. The van der Waals surface area contributed by atoms with Gasteiger partial charge in [-0.3, -0.25) is 4.79 Å². The number of nitrogens with one attached hydrogen (secondary N) is 2. The SMILES string of the molecule is CCC[C@H](NC(=O)C1C=CC(NC(=O)OCC2c3ccccc3-c3ccccc32)C1)C(=O)O. The van der Waals surface area contributed by atoms with E-state index in [0.717, 1.165) is 22.3 Å². The second-order valence-electron chi connectivity index (χ2n) is 8.49. The van der Waals surface area contributed by atoms with Gasteiger partial charge in [0.2, 0.25) is 5.91 Å². The van der Waals surface area contributed by atoms with Crippen molar-refractivity contribution in [3.8, 4) is 11.1 Å². The van der Waals surface area contributed by atoms with E-state index >= 15 is 0 Å². The molecule has 172 valence electrons. The minimum atomic E-state index is -1.04. The zero-order valence-corrected chi connectivity index (χ0v) is 18.5. The number of hydrogen-bond acceptors (Lipinski definition) is 4. The maximum Gasteiger partial charge on any atom is 0.407 e. The van der Waals surface area contributed by atoms with Gasteiger partial charge >= 0.3 is 12.1 Å². The van der Waals surface area contributed by atoms with Gasteiger partial charge in [-0.05, 0) is 35.1 Å². The van der Waals surface area contributed by atoms with Gasteiger partial charge < -0.3 is 20.5 Å². The molecule has 3 N–H and O–H groups in total. The second-order valence-corrected chi connectivity index (χ2v) is 8.49. The smallest absolute Gasteiger partial charge is 0.407 e.